The lowest BCUT2D eigenvalue weighted by Crippen LogP contribution is -2.36. The Morgan fingerprint density at radius 2 is 2.00 bits per heavy atom. The first-order chi connectivity index (χ1) is 18.0. The predicted octanol–water partition coefficient (Wildman–Crippen LogP) is 5.40. The van der Waals surface area contributed by atoms with E-state index < -0.39 is 5.97 Å². The number of aromatic carboxylic acids is 1. The molecule has 0 spiro atoms. The predicted molar refractivity (Wildman–Crippen MR) is 144 cm³/mol. The van der Waals surface area contributed by atoms with Crippen LogP contribution in [0.2, 0.25) is 0 Å². The van der Waals surface area contributed by atoms with Crippen LogP contribution in [0.3, 0.4) is 0 Å². The minimum atomic E-state index is -0.955. The molecule has 1 saturated heterocycles. The van der Waals surface area contributed by atoms with Crippen LogP contribution in [0.5, 0.6) is 5.75 Å². The number of amides is 1. The highest BCUT2D eigenvalue weighted by molar-refractivity contribution is 5.92. The SMILES string of the molecule is O=C(CC1=CCC2C=CC=CC2=C1)Nc1ccc(N2CCC(COc3cccc(C(=O)O)c3)CC2)nc1. The number of aromatic nitrogens is 1. The smallest absolute Gasteiger partial charge is 0.335 e. The Bertz CT molecular complexity index is 1270. The molecule has 2 N–H and O–H groups in total. The van der Waals surface area contributed by atoms with Gasteiger partial charge < -0.3 is 20.1 Å². The van der Waals surface area contributed by atoms with Crippen LogP contribution in [-0.4, -0.2) is 41.7 Å². The van der Waals surface area contributed by atoms with Gasteiger partial charge in [-0.15, -0.1) is 0 Å². The number of nitrogens with one attached hydrogen (secondary N) is 1. The van der Waals surface area contributed by atoms with Crippen molar-refractivity contribution in [3.8, 4) is 5.75 Å². The molecule has 1 amide bonds. The van der Waals surface area contributed by atoms with Gasteiger partial charge in [0.1, 0.15) is 11.6 Å². The van der Waals surface area contributed by atoms with Gasteiger partial charge in [0.25, 0.3) is 0 Å². The number of carboxylic acids is 1. The Morgan fingerprint density at radius 1 is 1.14 bits per heavy atom. The molecule has 1 aromatic heterocycles. The third-order valence-corrected chi connectivity index (χ3v) is 7.06. The summed E-state index contributed by atoms with van der Waals surface area (Å²) in [6.45, 7) is 2.31. The number of anilines is 2. The summed E-state index contributed by atoms with van der Waals surface area (Å²) in [4.78, 5) is 30.5. The zero-order valence-electron chi connectivity index (χ0n) is 20.7. The number of rotatable bonds is 8. The molecule has 190 valence electrons. The third-order valence-electron chi connectivity index (χ3n) is 7.06. The third kappa shape index (κ3) is 6.36. The number of hydrogen-bond acceptors (Lipinski definition) is 5. The quantitative estimate of drug-likeness (QED) is 0.507. The first-order valence-electron chi connectivity index (χ1n) is 12.8. The van der Waals surface area contributed by atoms with Crippen LogP contribution in [0.15, 0.2) is 90.2 Å². The lowest BCUT2D eigenvalue weighted by molar-refractivity contribution is -0.115. The molecule has 37 heavy (non-hydrogen) atoms. The fraction of sp³-hybridized carbons (Fsp3) is 0.300. The van der Waals surface area contributed by atoms with E-state index in [0.29, 0.717) is 36.3 Å². The number of hydrogen-bond donors (Lipinski definition) is 2. The second kappa shape index (κ2) is 11.3. The summed E-state index contributed by atoms with van der Waals surface area (Å²) in [5, 5.41) is 12.1. The number of benzene rings is 1. The van der Waals surface area contributed by atoms with Crippen molar-refractivity contribution in [2.45, 2.75) is 25.7 Å². The average Bonchev–Trinajstić information content (AvgIpc) is 2.93. The highest BCUT2D eigenvalue weighted by Crippen LogP contribution is 2.30. The maximum Gasteiger partial charge on any atom is 0.335 e. The molecule has 1 unspecified atom stereocenters. The lowest BCUT2D eigenvalue weighted by atomic mass is 9.85. The van der Waals surface area contributed by atoms with Crippen molar-refractivity contribution in [3.05, 3.63) is 95.8 Å². The summed E-state index contributed by atoms with van der Waals surface area (Å²) in [5.41, 5.74) is 3.24. The van der Waals surface area contributed by atoms with E-state index in [1.165, 1.54) is 5.57 Å². The largest absolute Gasteiger partial charge is 0.493 e. The van der Waals surface area contributed by atoms with Crippen molar-refractivity contribution in [2.75, 3.05) is 29.9 Å². The minimum absolute atomic E-state index is 0.0406. The number of carbonyl (C=O) groups excluding carboxylic acids is 1. The molecule has 1 aromatic carbocycles. The monoisotopic (exact) mass is 497 g/mol. The highest BCUT2D eigenvalue weighted by atomic mass is 16.5. The molecule has 3 aliphatic rings. The van der Waals surface area contributed by atoms with Crippen LogP contribution in [0.1, 0.15) is 36.0 Å². The maximum absolute atomic E-state index is 12.6. The standard InChI is InChI=1S/C30H31N3O4/c34-29(17-22-8-9-23-4-1-2-5-24(23)16-22)32-26-10-11-28(31-19-26)33-14-12-21(13-15-33)20-37-27-7-3-6-25(18-27)30(35)36/h1-8,10-11,16,18-19,21,23H,9,12-15,17,20H2,(H,32,34)(H,35,36). The van der Waals surface area contributed by atoms with Gasteiger partial charge in [0.2, 0.25) is 5.91 Å². The van der Waals surface area contributed by atoms with Crippen LogP contribution >= 0.6 is 0 Å². The van der Waals surface area contributed by atoms with Gasteiger partial charge in [0.05, 0.1) is 30.5 Å². The van der Waals surface area contributed by atoms with E-state index in [2.05, 4.69) is 45.6 Å². The summed E-state index contributed by atoms with van der Waals surface area (Å²) < 4.78 is 5.86. The molecule has 2 aliphatic carbocycles. The van der Waals surface area contributed by atoms with Crippen LogP contribution in [-0.2, 0) is 4.79 Å². The Kier molecular flexibility index (Phi) is 7.49. The number of fused-ring (bicyclic) bond motifs is 1. The van der Waals surface area contributed by atoms with E-state index in [4.69, 9.17) is 9.84 Å². The Hall–Kier alpha value is -4.13. The van der Waals surface area contributed by atoms with E-state index in [-0.39, 0.29) is 11.5 Å². The molecule has 7 nitrogen and oxygen atoms in total. The van der Waals surface area contributed by atoms with Gasteiger partial charge in [-0.2, -0.15) is 0 Å². The van der Waals surface area contributed by atoms with Crippen molar-refractivity contribution in [2.24, 2.45) is 11.8 Å². The maximum atomic E-state index is 12.6. The average molecular weight is 498 g/mol. The van der Waals surface area contributed by atoms with E-state index in [0.717, 1.165) is 43.7 Å². The topological polar surface area (TPSA) is 91.8 Å². The van der Waals surface area contributed by atoms with Gasteiger partial charge in [-0.05, 0) is 66.7 Å². The number of carboxylic acid groups (broad SMARTS) is 1. The molecule has 1 aliphatic heterocycles. The van der Waals surface area contributed by atoms with Crippen molar-refractivity contribution in [1.29, 1.82) is 0 Å². The number of carbonyl (C=O) groups is 2. The van der Waals surface area contributed by atoms with Crippen molar-refractivity contribution >= 4 is 23.4 Å². The van der Waals surface area contributed by atoms with Crippen LogP contribution in [0, 0.1) is 11.8 Å². The van der Waals surface area contributed by atoms with Gasteiger partial charge in [0.15, 0.2) is 0 Å². The molecule has 0 saturated carbocycles. The Morgan fingerprint density at radius 3 is 2.78 bits per heavy atom. The second-order valence-corrected chi connectivity index (χ2v) is 9.71. The molecular weight excluding hydrogens is 466 g/mol. The van der Waals surface area contributed by atoms with E-state index in [1.54, 1.807) is 30.5 Å². The zero-order chi connectivity index (χ0) is 25.6. The lowest BCUT2D eigenvalue weighted by Gasteiger charge is -2.32. The van der Waals surface area contributed by atoms with E-state index in [9.17, 15) is 9.59 Å². The van der Waals surface area contributed by atoms with Gasteiger partial charge in [-0.25, -0.2) is 9.78 Å². The molecule has 7 heteroatoms. The fourth-order valence-corrected chi connectivity index (χ4v) is 4.94. The first kappa shape index (κ1) is 24.6. The number of allylic oxidation sites excluding steroid dienone is 7. The normalized spacial score (nSPS) is 19.0. The van der Waals surface area contributed by atoms with Gasteiger partial charge in [-0.1, -0.05) is 42.5 Å². The summed E-state index contributed by atoms with van der Waals surface area (Å²) in [7, 11) is 0. The Balaban J connectivity index is 1.07. The molecule has 2 heterocycles. The van der Waals surface area contributed by atoms with Crippen molar-refractivity contribution in [3.63, 3.8) is 0 Å². The van der Waals surface area contributed by atoms with Crippen molar-refractivity contribution in [1.82, 2.24) is 4.98 Å². The van der Waals surface area contributed by atoms with Gasteiger partial charge in [0, 0.05) is 19.0 Å². The molecule has 1 atom stereocenters. The van der Waals surface area contributed by atoms with Crippen molar-refractivity contribution < 1.29 is 19.4 Å². The highest BCUT2D eigenvalue weighted by Gasteiger charge is 2.21. The molecule has 0 radical (unpaired) electrons. The summed E-state index contributed by atoms with van der Waals surface area (Å²) >= 11 is 0. The molecule has 1 fully saturated rings. The van der Waals surface area contributed by atoms with Gasteiger partial charge in [-0.3, -0.25) is 4.79 Å². The summed E-state index contributed by atoms with van der Waals surface area (Å²) in [6.07, 6.45) is 17.7. The van der Waals surface area contributed by atoms with Gasteiger partial charge >= 0.3 is 5.97 Å². The molecule has 5 rings (SSSR count). The molecular formula is C30H31N3O4. The van der Waals surface area contributed by atoms with Crippen LogP contribution in [0.4, 0.5) is 11.5 Å². The van der Waals surface area contributed by atoms with Crippen LogP contribution in [0.25, 0.3) is 0 Å². The molecule has 0 bridgehead atoms. The van der Waals surface area contributed by atoms with E-state index in [1.807, 2.05) is 18.2 Å². The van der Waals surface area contributed by atoms with E-state index >= 15 is 0 Å². The minimum Gasteiger partial charge on any atom is -0.493 e. The van der Waals surface area contributed by atoms with Crippen LogP contribution < -0.4 is 15.0 Å². The summed E-state index contributed by atoms with van der Waals surface area (Å²) in [5.74, 6) is 1.33. The molecule has 2 aromatic rings. The zero-order valence-corrected chi connectivity index (χ0v) is 20.7. The second-order valence-electron chi connectivity index (χ2n) is 9.71. The fourth-order valence-electron chi connectivity index (χ4n) is 4.94. The summed E-state index contributed by atoms with van der Waals surface area (Å²) in [6, 6.07) is 10.5. The number of ether oxygens (including phenoxy) is 1. The number of nitrogens with zero attached hydrogens (tertiary/aromatic N) is 2. The number of piperidine rings is 1. The first-order valence-corrected chi connectivity index (χ1v) is 12.8. The Labute approximate surface area is 216 Å². The number of pyridine rings is 1.